The van der Waals surface area contributed by atoms with Crippen LogP contribution in [0.5, 0.6) is 5.75 Å². The molecule has 29 heavy (non-hydrogen) atoms. The number of nitrogens with two attached hydrogens (primary N) is 2. The highest BCUT2D eigenvalue weighted by Crippen LogP contribution is 2.17. The van der Waals surface area contributed by atoms with Crippen molar-refractivity contribution in [2.24, 2.45) is 5.73 Å². The number of anilines is 1. The van der Waals surface area contributed by atoms with Crippen molar-refractivity contribution in [1.29, 1.82) is 0 Å². The van der Waals surface area contributed by atoms with E-state index in [9.17, 15) is 9.59 Å². The lowest BCUT2D eigenvalue weighted by Gasteiger charge is -2.10. The number of nitrogen functional groups attached to an aromatic ring is 1. The van der Waals surface area contributed by atoms with Crippen LogP contribution in [0, 0.1) is 0 Å². The molecule has 0 atom stereocenters. The van der Waals surface area contributed by atoms with E-state index in [2.05, 4.69) is 15.3 Å². The first-order chi connectivity index (χ1) is 14.0. The maximum atomic E-state index is 12.6. The maximum Gasteiger partial charge on any atom is 0.271 e. The molecule has 0 fully saturated rings. The molecule has 3 aromatic rings. The monoisotopic (exact) mass is 391 g/mol. The molecule has 0 saturated heterocycles. The summed E-state index contributed by atoms with van der Waals surface area (Å²) in [6.07, 6.45) is 1.86. The summed E-state index contributed by atoms with van der Waals surface area (Å²) in [5.41, 5.74) is 13.6. The van der Waals surface area contributed by atoms with Gasteiger partial charge in [0.1, 0.15) is 5.75 Å². The lowest BCUT2D eigenvalue weighted by atomic mass is 10.1. The second kappa shape index (κ2) is 8.83. The van der Waals surface area contributed by atoms with E-state index in [1.165, 1.54) is 6.20 Å². The molecule has 3 rings (SSSR count). The van der Waals surface area contributed by atoms with Crippen LogP contribution in [-0.4, -0.2) is 28.9 Å². The minimum Gasteiger partial charge on any atom is -0.496 e. The van der Waals surface area contributed by atoms with E-state index in [-0.39, 0.29) is 17.4 Å². The highest BCUT2D eigenvalue weighted by Gasteiger charge is 2.12. The number of para-hydroxylation sites is 1. The molecular formula is C21H21N5O3. The second-order valence-corrected chi connectivity index (χ2v) is 6.33. The number of aromatic nitrogens is 2. The Bertz CT molecular complexity index is 1050. The molecule has 0 aliphatic rings. The summed E-state index contributed by atoms with van der Waals surface area (Å²) in [6.45, 7) is 0.346. The number of nitrogens with zero attached hydrogens (tertiary/aromatic N) is 2. The largest absolute Gasteiger partial charge is 0.496 e. The number of hydrogen-bond donors (Lipinski definition) is 3. The third-order valence-electron chi connectivity index (χ3n) is 4.29. The molecule has 0 saturated carbocycles. The average Bonchev–Trinajstić information content (AvgIpc) is 2.73. The van der Waals surface area contributed by atoms with Crippen LogP contribution in [0.3, 0.4) is 0 Å². The quantitative estimate of drug-likeness (QED) is 0.561. The SMILES string of the molecule is COc1ccccc1CNC(=O)c1cccc(Cc2cnc(N)c(C(N)=O)n2)c1. The van der Waals surface area contributed by atoms with E-state index in [4.69, 9.17) is 16.2 Å². The topological polar surface area (TPSA) is 133 Å². The molecule has 0 spiro atoms. The third-order valence-corrected chi connectivity index (χ3v) is 4.29. The van der Waals surface area contributed by atoms with Crippen molar-refractivity contribution in [3.8, 4) is 5.75 Å². The number of carbonyl (C=O) groups is 2. The van der Waals surface area contributed by atoms with Gasteiger partial charge in [-0.3, -0.25) is 9.59 Å². The molecule has 8 heteroatoms. The summed E-state index contributed by atoms with van der Waals surface area (Å²) in [4.78, 5) is 32.1. The van der Waals surface area contributed by atoms with Crippen LogP contribution in [0.1, 0.15) is 37.7 Å². The summed E-state index contributed by atoms with van der Waals surface area (Å²) < 4.78 is 5.30. The number of benzene rings is 2. The average molecular weight is 391 g/mol. The van der Waals surface area contributed by atoms with Crippen molar-refractivity contribution in [2.45, 2.75) is 13.0 Å². The second-order valence-electron chi connectivity index (χ2n) is 6.33. The third kappa shape index (κ3) is 4.86. The van der Waals surface area contributed by atoms with Crippen LogP contribution in [0.25, 0.3) is 0 Å². The molecule has 0 bridgehead atoms. The molecule has 0 unspecified atom stereocenters. The number of methoxy groups -OCH3 is 1. The number of ether oxygens (including phenoxy) is 1. The van der Waals surface area contributed by atoms with Gasteiger partial charge in [0.2, 0.25) is 0 Å². The van der Waals surface area contributed by atoms with Crippen molar-refractivity contribution in [3.05, 3.63) is 82.8 Å². The highest BCUT2D eigenvalue weighted by atomic mass is 16.5. The Morgan fingerprint density at radius 3 is 2.69 bits per heavy atom. The van der Waals surface area contributed by atoms with Crippen LogP contribution in [0.4, 0.5) is 5.82 Å². The zero-order chi connectivity index (χ0) is 20.8. The Hall–Kier alpha value is -3.94. The first-order valence-corrected chi connectivity index (χ1v) is 8.88. The molecular weight excluding hydrogens is 370 g/mol. The van der Waals surface area contributed by atoms with Crippen LogP contribution >= 0.6 is 0 Å². The van der Waals surface area contributed by atoms with Gasteiger partial charge in [-0.2, -0.15) is 0 Å². The van der Waals surface area contributed by atoms with Crippen molar-refractivity contribution in [2.75, 3.05) is 12.8 Å². The summed E-state index contributed by atoms with van der Waals surface area (Å²) in [5, 5.41) is 2.89. The minimum absolute atomic E-state index is 0.00859. The predicted molar refractivity (Wildman–Crippen MR) is 108 cm³/mol. The van der Waals surface area contributed by atoms with Gasteiger partial charge in [-0.05, 0) is 23.8 Å². The smallest absolute Gasteiger partial charge is 0.271 e. The van der Waals surface area contributed by atoms with Gasteiger partial charge in [0.05, 0.1) is 19.0 Å². The van der Waals surface area contributed by atoms with Gasteiger partial charge in [-0.25, -0.2) is 9.97 Å². The number of rotatable bonds is 7. The number of carbonyl (C=O) groups excluding carboxylic acids is 2. The van der Waals surface area contributed by atoms with Crippen molar-refractivity contribution in [3.63, 3.8) is 0 Å². The Kier molecular flexibility index (Phi) is 6.03. The fourth-order valence-corrected chi connectivity index (χ4v) is 2.86. The van der Waals surface area contributed by atoms with Crippen molar-refractivity contribution >= 4 is 17.6 Å². The van der Waals surface area contributed by atoms with E-state index >= 15 is 0 Å². The molecule has 1 heterocycles. The zero-order valence-corrected chi connectivity index (χ0v) is 15.9. The fourth-order valence-electron chi connectivity index (χ4n) is 2.86. The first kappa shape index (κ1) is 19.8. The molecule has 0 radical (unpaired) electrons. The van der Waals surface area contributed by atoms with Gasteiger partial charge >= 0.3 is 0 Å². The Balaban J connectivity index is 1.71. The molecule has 1 aromatic heterocycles. The summed E-state index contributed by atoms with van der Waals surface area (Å²) >= 11 is 0. The van der Waals surface area contributed by atoms with E-state index < -0.39 is 5.91 Å². The van der Waals surface area contributed by atoms with Crippen molar-refractivity contribution < 1.29 is 14.3 Å². The van der Waals surface area contributed by atoms with E-state index in [1.807, 2.05) is 30.3 Å². The van der Waals surface area contributed by atoms with Crippen molar-refractivity contribution in [1.82, 2.24) is 15.3 Å². The van der Waals surface area contributed by atoms with Gasteiger partial charge in [-0.1, -0.05) is 30.3 Å². The normalized spacial score (nSPS) is 10.4. The Labute approximate surface area is 167 Å². The molecule has 148 valence electrons. The van der Waals surface area contributed by atoms with E-state index in [0.29, 0.717) is 30.0 Å². The van der Waals surface area contributed by atoms with E-state index in [0.717, 1.165) is 11.1 Å². The summed E-state index contributed by atoms with van der Waals surface area (Å²) in [5.74, 6) is -0.236. The molecule has 2 amide bonds. The van der Waals surface area contributed by atoms with Crippen LogP contribution < -0.4 is 21.5 Å². The highest BCUT2D eigenvalue weighted by molar-refractivity contribution is 5.95. The Morgan fingerprint density at radius 1 is 1.14 bits per heavy atom. The standard InChI is InChI=1S/C21H21N5O3/c1-29-17-8-3-2-6-15(17)11-25-21(28)14-7-4-5-13(9-14)10-16-12-24-19(22)18(26-16)20(23)27/h2-9,12H,10-11H2,1H3,(H2,22,24)(H2,23,27)(H,25,28). The first-order valence-electron chi connectivity index (χ1n) is 8.88. The number of primary amides is 1. The minimum atomic E-state index is -0.735. The lowest BCUT2D eigenvalue weighted by molar-refractivity contribution is 0.0949. The lowest BCUT2D eigenvalue weighted by Crippen LogP contribution is -2.23. The Morgan fingerprint density at radius 2 is 1.93 bits per heavy atom. The number of hydrogen-bond acceptors (Lipinski definition) is 6. The van der Waals surface area contributed by atoms with Gasteiger partial charge in [0, 0.05) is 24.1 Å². The molecule has 2 aromatic carbocycles. The van der Waals surface area contributed by atoms with Gasteiger partial charge < -0.3 is 21.5 Å². The van der Waals surface area contributed by atoms with Crippen LogP contribution in [0.15, 0.2) is 54.7 Å². The van der Waals surface area contributed by atoms with Gasteiger partial charge in [-0.15, -0.1) is 0 Å². The fraction of sp³-hybridized carbons (Fsp3) is 0.143. The predicted octanol–water partition coefficient (Wildman–Crippen LogP) is 1.69. The van der Waals surface area contributed by atoms with E-state index in [1.54, 1.807) is 25.3 Å². The van der Waals surface area contributed by atoms with Crippen LogP contribution in [-0.2, 0) is 13.0 Å². The number of nitrogens with one attached hydrogen (secondary N) is 1. The number of amides is 2. The molecule has 5 N–H and O–H groups in total. The summed E-state index contributed by atoms with van der Waals surface area (Å²) in [7, 11) is 1.59. The van der Waals surface area contributed by atoms with Crippen LogP contribution in [0.2, 0.25) is 0 Å². The maximum absolute atomic E-state index is 12.6. The summed E-state index contributed by atoms with van der Waals surface area (Å²) in [6, 6.07) is 14.6. The zero-order valence-electron chi connectivity index (χ0n) is 15.9. The van der Waals surface area contributed by atoms with Gasteiger partial charge in [0.15, 0.2) is 11.5 Å². The molecule has 0 aliphatic heterocycles. The van der Waals surface area contributed by atoms with Gasteiger partial charge in [0.25, 0.3) is 11.8 Å². The molecule has 8 nitrogen and oxygen atoms in total. The molecule has 0 aliphatic carbocycles.